The van der Waals surface area contributed by atoms with E-state index in [0.29, 0.717) is 17.9 Å². The zero-order valence-electron chi connectivity index (χ0n) is 9.74. The minimum absolute atomic E-state index is 0.116. The van der Waals surface area contributed by atoms with Crippen LogP contribution in [0.25, 0.3) is 0 Å². The molecule has 1 heterocycles. The summed E-state index contributed by atoms with van der Waals surface area (Å²) in [5.41, 5.74) is 5.35. The van der Waals surface area contributed by atoms with E-state index < -0.39 is 11.9 Å². The van der Waals surface area contributed by atoms with Crippen LogP contribution in [-0.2, 0) is 11.2 Å². The van der Waals surface area contributed by atoms with Crippen LogP contribution in [0.1, 0.15) is 25.4 Å². The maximum atomic E-state index is 11.5. The van der Waals surface area contributed by atoms with Crippen molar-refractivity contribution in [2.45, 2.75) is 27.2 Å². The molecular formula is C11H17NO4. The van der Waals surface area contributed by atoms with Gasteiger partial charge in [-0.3, -0.25) is 4.79 Å². The summed E-state index contributed by atoms with van der Waals surface area (Å²) >= 11 is 0. The molecule has 1 atom stereocenters. The van der Waals surface area contributed by atoms with Crippen LogP contribution < -0.4 is 10.5 Å². The Morgan fingerprint density at radius 2 is 2.25 bits per heavy atom. The highest BCUT2D eigenvalue weighted by atomic mass is 16.6. The number of nitrogens with two attached hydrogens (primary N) is 1. The monoisotopic (exact) mass is 227 g/mol. The van der Waals surface area contributed by atoms with Crippen molar-refractivity contribution < 1.29 is 19.1 Å². The molecular weight excluding hydrogens is 210 g/mol. The number of aryl methyl sites for hydroxylation is 2. The van der Waals surface area contributed by atoms with Crippen LogP contribution in [0.3, 0.4) is 0 Å². The standard InChI is InChI=1S/C11H17NO4/c1-4-8-10(9(13)7(3)15-8)16-11(14)6(2)5-12/h6,13H,4-5,12H2,1-3H3. The van der Waals surface area contributed by atoms with Crippen molar-refractivity contribution in [2.24, 2.45) is 11.7 Å². The van der Waals surface area contributed by atoms with Crippen LogP contribution in [0.5, 0.6) is 11.5 Å². The van der Waals surface area contributed by atoms with Gasteiger partial charge in [-0.15, -0.1) is 0 Å². The average molecular weight is 227 g/mol. The number of furan rings is 1. The fourth-order valence-corrected chi connectivity index (χ4v) is 1.21. The van der Waals surface area contributed by atoms with Gasteiger partial charge in [0.15, 0.2) is 5.76 Å². The minimum Gasteiger partial charge on any atom is -0.502 e. The van der Waals surface area contributed by atoms with Crippen molar-refractivity contribution in [2.75, 3.05) is 6.54 Å². The molecule has 1 unspecified atom stereocenters. The first-order valence-corrected chi connectivity index (χ1v) is 5.24. The molecule has 0 aliphatic rings. The summed E-state index contributed by atoms with van der Waals surface area (Å²) in [5, 5.41) is 9.65. The van der Waals surface area contributed by atoms with Crippen molar-refractivity contribution in [3.05, 3.63) is 11.5 Å². The first-order chi connectivity index (χ1) is 7.51. The Bertz CT molecular complexity index is 384. The van der Waals surface area contributed by atoms with Crippen LogP contribution in [0.15, 0.2) is 4.42 Å². The zero-order chi connectivity index (χ0) is 12.3. The summed E-state index contributed by atoms with van der Waals surface area (Å²) in [6, 6.07) is 0. The van der Waals surface area contributed by atoms with Gasteiger partial charge in [-0.1, -0.05) is 13.8 Å². The second kappa shape index (κ2) is 5.03. The van der Waals surface area contributed by atoms with Gasteiger partial charge in [0.2, 0.25) is 11.5 Å². The normalized spacial score (nSPS) is 12.5. The van der Waals surface area contributed by atoms with Gasteiger partial charge >= 0.3 is 5.97 Å². The summed E-state index contributed by atoms with van der Waals surface area (Å²) < 4.78 is 10.3. The predicted octanol–water partition coefficient (Wildman–Crippen LogP) is 1.36. The number of carbonyl (C=O) groups excluding carboxylic acids is 1. The van der Waals surface area contributed by atoms with E-state index in [0.717, 1.165) is 0 Å². The molecule has 0 spiro atoms. The van der Waals surface area contributed by atoms with Crippen molar-refractivity contribution in [1.29, 1.82) is 0 Å². The first-order valence-electron chi connectivity index (χ1n) is 5.24. The van der Waals surface area contributed by atoms with E-state index in [-0.39, 0.29) is 18.0 Å². The van der Waals surface area contributed by atoms with Gasteiger partial charge in [0.05, 0.1) is 5.92 Å². The Morgan fingerprint density at radius 3 is 2.75 bits per heavy atom. The fourth-order valence-electron chi connectivity index (χ4n) is 1.21. The summed E-state index contributed by atoms with van der Waals surface area (Å²) in [5.74, 6) is -0.0556. The lowest BCUT2D eigenvalue weighted by Gasteiger charge is -2.08. The largest absolute Gasteiger partial charge is 0.502 e. The highest BCUT2D eigenvalue weighted by Crippen LogP contribution is 2.37. The molecule has 5 heteroatoms. The van der Waals surface area contributed by atoms with Crippen molar-refractivity contribution in [1.82, 2.24) is 0 Å². The third-order valence-corrected chi connectivity index (χ3v) is 2.36. The summed E-state index contributed by atoms with van der Waals surface area (Å²) in [6.07, 6.45) is 0.543. The van der Waals surface area contributed by atoms with Crippen LogP contribution in [0, 0.1) is 12.8 Å². The van der Waals surface area contributed by atoms with Crippen molar-refractivity contribution >= 4 is 5.97 Å². The molecule has 90 valence electrons. The second-order valence-corrected chi connectivity index (χ2v) is 3.67. The number of aromatic hydroxyl groups is 1. The Morgan fingerprint density at radius 1 is 1.62 bits per heavy atom. The molecule has 0 amide bonds. The molecule has 0 saturated heterocycles. The number of ether oxygens (including phenoxy) is 1. The number of hydrogen-bond acceptors (Lipinski definition) is 5. The number of esters is 1. The van der Waals surface area contributed by atoms with Gasteiger partial charge in [0.1, 0.15) is 5.76 Å². The van der Waals surface area contributed by atoms with Crippen molar-refractivity contribution in [3.8, 4) is 11.5 Å². The molecule has 0 aromatic carbocycles. The van der Waals surface area contributed by atoms with E-state index in [4.69, 9.17) is 14.9 Å². The first kappa shape index (κ1) is 12.6. The molecule has 0 saturated carbocycles. The average Bonchev–Trinajstić information content (AvgIpc) is 2.55. The van der Waals surface area contributed by atoms with Gasteiger partial charge < -0.3 is 20.0 Å². The van der Waals surface area contributed by atoms with Gasteiger partial charge in [0.25, 0.3) is 0 Å². The van der Waals surface area contributed by atoms with E-state index in [1.807, 2.05) is 6.92 Å². The van der Waals surface area contributed by atoms with Crippen LogP contribution in [0.2, 0.25) is 0 Å². The minimum atomic E-state index is -0.465. The molecule has 1 aromatic rings. The molecule has 0 aliphatic heterocycles. The van der Waals surface area contributed by atoms with E-state index in [1.54, 1.807) is 13.8 Å². The third kappa shape index (κ3) is 2.36. The van der Waals surface area contributed by atoms with Gasteiger partial charge in [-0.25, -0.2) is 0 Å². The quantitative estimate of drug-likeness (QED) is 0.758. The Hall–Kier alpha value is -1.49. The molecule has 5 nitrogen and oxygen atoms in total. The van der Waals surface area contributed by atoms with E-state index in [9.17, 15) is 9.90 Å². The highest BCUT2D eigenvalue weighted by molar-refractivity contribution is 5.76. The Labute approximate surface area is 94.2 Å². The fraction of sp³-hybridized carbons (Fsp3) is 0.545. The van der Waals surface area contributed by atoms with Gasteiger partial charge in [-0.2, -0.15) is 0 Å². The molecule has 1 rings (SSSR count). The number of hydrogen-bond donors (Lipinski definition) is 2. The SMILES string of the molecule is CCc1oc(C)c(O)c1OC(=O)C(C)CN. The van der Waals surface area contributed by atoms with Crippen LogP contribution in [-0.4, -0.2) is 17.6 Å². The van der Waals surface area contributed by atoms with Crippen LogP contribution in [0.4, 0.5) is 0 Å². The molecule has 1 aromatic heterocycles. The molecule has 0 radical (unpaired) electrons. The molecule has 16 heavy (non-hydrogen) atoms. The van der Waals surface area contributed by atoms with Crippen molar-refractivity contribution in [3.63, 3.8) is 0 Å². The summed E-state index contributed by atoms with van der Waals surface area (Å²) in [4.78, 5) is 11.5. The maximum Gasteiger partial charge on any atom is 0.315 e. The van der Waals surface area contributed by atoms with Gasteiger partial charge in [-0.05, 0) is 6.92 Å². The molecule has 0 fully saturated rings. The molecule has 0 bridgehead atoms. The van der Waals surface area contributed by atoms with Crippen LogP contribution >= 0.6 is 0 Å². The lowest BCUT2D eigenvalue weighted by molar-refractivity contribution is -0.138. The predicted molar refractivity (Wildman–Crippen MR) is 58.3 cm³/mol. The Balaban J connectivity index is 2.92. The Kier molecular flexibility index (Phi) is 3.95. The molecule has 3 N–H and O–H groups in total. The highest BCUT2D eigenvalue weighted by Gasteiger charge is 2.22. The smallest absolute Gasteiger partial charge is 0.315 e. The third-order valence-electron chi connectivity index (χ3n) is 2.36. The maximum absolute atomic E-state index is 11.5. The van der Waals surface area contributed by atoms with E-state index >= 15 is 0 Å². The number of carbonyl (C=O) groups is 1. The second-order valence-electron chi connectivity index (χ2n) is 3.67. The molecule has 0 aliphatic carbocycles. The summed E-state index contributed by atoms with van der Waals surface area (Å²) in [6.45, 7) is 5.33. The number of rotatable bonds is 4. The summed E-state index contributed by atoms with van der Waals surface area (Å²) in [7, 11) is 0. The van der Waals surface area contributed by atoms with E-state index in [2.05, 4.69) is 0 Å². The topological polar surface area (TPSA) is 85.7 Å². The lowest BCUT2D eigenvalue weighted by atomic mass is 10.2. The zero-order valence-corrected chi connectivity index (χ0v) is 9.74. The van der Waals surface area contributed by atoms with E-state index in [1.165, 1.54) is 0 Å². The van der Waals surface area contributed by atoms with Gasteiger partial charge in [0, 0.05) is 13.0 Å². The lowest BCUT2D eigenvalue weighted by Crippen LogP contribution is -2.25.